The molecule has 0 aliphatic carbocycles. The van der Waals surface area contributed by atoms with Crippen LogP contribution in [0.2, 0.25) is 0 Å². The monoisotopic (exact) mass is 500 g/mol. The first-order valence-electron chi connectivity index (χ1n) is 10.8. The number of aromatic nitrogens is 4. The topological polar surface area (TPSA) is 139 Å². The van der Waals surface area contributed by atoms with Gasteiger partial charge in [0.05, 0.1) is 42.0 Å². The van der Waals surface area contributed by atoms with Gasteiger partial charge in [0, 0.05) is 49.5 Å². The van der Waals surface area contributed by atoms with Crippen LogP contribution in [0.25, 0.3) is 22.4 Å². The number of hydrogen-bond donors (Lipinski definition) is 3. The Labute approximate surface area is 206 Å². The number of carbonyl (C=O) groups excluding carboxylic acids is 1. The average Bonchev–Trinajstić information content (AvgIpc) is 3.51. The Bertz CT molecular complexity index is 1310. The third-order valence-electron chi connectivity index (χ3n) is 5.72. The summed E-state index contributed by atoms with van der Waals surface area (Å²) in [6.45, 7) is 1.39. The van der Waals surface area contributed by atoms with E-state index in [9.17, 15) is 9.90 Å². The molecule has 0 saturated carbocycles. The predicted octanol–water partition coefficient (Wildman–Crippen LogP) is 2.98. The number of aliphatic hydroxyl groups is 1. The number of aliphatic hydroxyl groups excluding tert-OH is 1. The van der Waals surface area contributed by atoms with Gasteiger partial charge < -0.3 is 24.5 Å². The number of fused-ring (bicyclic) bond motifs is 1. The molecule has 0 radical (unpaired) electrons. The van der Waals surface area contributed by atoms with Gasteiger partial charge >= 0.3 is 0 Å². The molecular formula is C23H25ClN6O5. The Kier molecular flexibility index (Phi) is 7.49. The summed E-state index contributed by atoms with van der Waals surface area (Å²) in [6.07, 6.45) is 5.88. The lowest BCUT2D eigenvalue weighted by Crippen LogP contribution is -2.36. The molecule has 1 saturated heterocycles. The van der Waals surface area contributed by atoms with Crippen molar-refractivity contribution in [2.24, 2.45) is 7.05 Å². The van der Waals surface area contributed by atoms with Gasteiger partial charge in [-0.15, -0.1) is 0 Å². The van der Waals surface area contributed by atoms with Gasteiger partial charge in [0.1, 0.15) is 6.26 Å². The lowest BCUT2D eigenvalue weighted by atomic mass is 10.1. The number of oxazole rings is 1. The molecule has 11 nitrogen and oxygen atoms in total. The Morgan fingerprint density at radius 1 is 1.26 bits per heavy atom. The molecule has 1 fully saturated rings. The molecule has 3 aromatic heterocycles. The number of carbonyl (C=O) groups is 1. The van der Waals surface area contributed by atoms with E-state index in [1.165, 1.54) is 13.4 Å². The summed E-state index contributed by atoms with van der Waals surface area (Å²) in [7, 11) is 3.39. The van der Waals surface area contributed by atoms with E-state index in [0.717, 1.165) is 16.6 Å². The molecule has 1 aliphatic rings. The van der Waals surface area contributed by atoms with Gasteiger partial charge in [-0.1, -0.05) is 0 Å². The van der Waals surface area contributed by atoms with Crippen molar-refractivity contribution in [3.63, 3.8) is 0 Å². The van der Waals surface area contributed by atoms with Crippen molar-refractivity contribution in [1.29, 1.82) is 0 Å². The van der Waals surface area contributed by atoms with E-state index in [0.29, 0.717) is 49.0 Å². The highest BCUT2D eigenvalue weighted by Crippen LogP contribution is 2.33. The maximum Gasteiger partial charge on any atom is 0.277 e. The van der Waals surface area contributed by atoms with Crippen molar-refractivity contribution in [3.05, 3.63) is 48.6 Å². The van der Waals surface area contributed by atoms with Gasteiger partial charge in [0.2, 0.25) is 11.8 Å². The van der Waals surface area contributed by atoms with E-state index >= 15 is 0 Å². The number of methoxy groups -OCH3 is 1. The SMILES string of the molecule is COc1cc(-c2nc(C(=O)Nc3cc4cn(C)nc4cc3N3CCC(O)CC3)co2)ccn1.OCl. The summed E-state index contributed by atoms with van der Waals surface area (Å²) in [5.74, 6) is 0.346. The van der Waals surface area contributed by atoms with Crippen LogP contribution in [0.5, 0.6) is 5.88 Å². The molecule has 35 heavy (non-hydrogen) atoms. The minimum Gasteiger partial charge on any atom is -0.481 e. The van der Waals surface area contributed by atoms with Crippen LogP contribution < -0.4 is 15.0 Å². The normalized spacial score (nSPS) is 13.9. The number of amides is 1. The highest BCUT2D eigenvalue weighted by atomic mass is 35.5. The molecule has 0 spiro atoms. The van der Waals surface area contributed by atoms with Crippen LogP contribution in [0.3, 0.4) is 0 Å². The van der Waals surface area contributed by atoms with E-state index in [1.54, 1.807) is 23.0 Å². The first-order chi connectivity index (χ1) is 17.0. The standard InChI is InChI=1S/C23H24N6O4.ClHO/c1-28-12-15-9-18(20(11-17(15)27-28)29-7-4-16(30)5-8-29)25-22(31)19-13-33-23(26-19)14-3-6-24-21(10-14)32-2;1-2/h3,6,9-13,16,30H,4-5,7-8H2,1-2H3,(H,25,31);2H. The first kappa shape index (κ1) is 24.5. The van der Waals surface area contributed by atoms with Crippen LogP contribution >= 0.6 is 11.9 Å². The molecule has 5 rings (SSSR count). The molecular weight excluding hydrogens is 476 g/mol. The number of nitrogens with one attached hydrogen (secondary N) is 1. The zero-order valence-electron chi connectivity index (χ0n) is 19.2. The third-order valence-corrected chi connectivity index (χ3v) is 5.72. The molecule has 4 aromatic rings. The fourth-order valence-corrected chi connectivity index (χ4v) is 4.00. The lowest BCUT2D eigenvalue weighted by molar-refractivity contribution is 0.102. The van der Waals surface area contributed by atoms with Crippen LogP contribution in [0.15, 0.2) is 47.3 Å². The van der Waals surface area contributed by atoms with Crippen LogP contribution in [0.1, 0.15) is 23.3 Å². The number of ether oxygens (including phenoxy) is 1. The molecule has 4 heterocycles. The second-order valence-corrected chi connectivity index (χ2v) is 8.03. The molecule has 1 amide bonds. The molecule has 1 aromatic carbocycles. The number of nitrogens with zero attached hydrogens (tertiary/aromatic N) is 5. The van der Waals surface area contributed by atoms with Gasteiger partial charge in [-0.3, -0.25) is 14.1 Å². The second-order valence-electron chi connectivity index (χ2n) is 8.03. The van der Waals surface area contributed by atoms with Crippen molar-refractivity contribution >= 4 is 40.1 Å². The smallest absolute Gasteiger partial charge is 0.277 e. The van der Waals surface area contributed by atoms with Crippen LogP contribution in [-0.2, 0) is 7.05 Å². The Balaban J connectivity index is 0.00000141. The number of anilines is 2. The van der Waals surface area contributed by atoms with Crippen molar-refractivity contribution in [3.8, 4) is 17.3 Å². The quantitative estimate of drug-likeness (QED) is 0.377. The van der Waals surface area contributed by atoms with Gasteiger partial charge in [-0.05, 0) is 31.0 Å². The Morgan fingerprint density at radius 2 is 2.03 bits per heavy atom. The molecule has 3 N–H and O–H groups in total. The van der Waals surface area contributed by atoms with Crippen molar-refractivity contribution in [2.75, 3.05) is 30.4 Å². The fourth-order valence-electron chi connectivity index (χ4n) is 4.00. The number of hydrogen-bond acceptors (Lipinski definition) is 9. The third kappa shape index (κ3) is 5.37. The second kappa shape index (κ2) is 10.7. The Hall–Kier alpha value is -3.67. The number of pyridine rings is 1. The zero-order chi connectivity index (χ0) is 24.9. The molecule has 0 unspecified atom stereocenters. The summed E-state index contributed by atoms with van der Waals surface area (Å²) in [5, 5.41) is 18.3. The summed E-state index contributed by atoms with van der Waals surface area (Å²) >= 11 is 3.64. The summed E-state index contributed by atoms with van der Waals surface area (Å²) in [6, 6.07) is 7.30. The molecule has 12 heteroatoms. The number of piperidine rings is 1. The van der Waals surface area contributed by atoms with Crippen molar-refractivity contribution < 1.29 is 23.7 Å². The molecule has 184 valence electrons. The zero-order valence-corrected chi connectivity index (χ0v) is 19.9. The van der Waals surface area contributed by atoms with Gasteiger partial charge in [-0.25, -0.2) is 9.97 Å². The van der Waals surface area contributed by atoms with E-state index in [4.69, 9.17) is 13.8 Å². The summed E-state index contributed by atoms with van der Waals surface area (Å²) in [4.78, 5) is 23.6. The van der Waals surface area contributed by atoms with E-state index < -0.39 is 0 Å². The van der Waals surface area contributed by atoms with Gasteiger partial charge in [0.25, 0.3) is 5.91 Å². The van der Waals surface area contributed by atoms with Crippen molar-refractivity contribution in [2.45, 2.75) is 18.9 Å². The Morgan fingerprint density at radius 3 is 2.77 bits per heavy atom. The minimum absolute atomic E-state index is 0.159. The highest BCUT2D eigenvalue weighted by molar-refractivity contribution is 6.06. The number of aryl methyl sites for hydroxylation is 1. The van der Waals surface area contributed by atoms with Crippen LogP contribution in [0.4, 0.5) is 11.4 Å². The lowest BCUT2D eigenvalue weighted by Gasteiger charge is -2.32. The molecule has 0 bridgehead atoms. The van der Waals surface area contributed by atoms with E-state index in [2.05, 4.69) is 37.1 Å². The summed E-state index contributed by atoms with van der Waals surface area (Å²) in [5.41, 5.74) is 3.18. The van der Waals surface area contributed by atoms with E-state index in [1.807, 2.05) is 25.4 Å². The maximum atomic E-state index is 13.1. The maximum absolute atomic E-state index is 13.1. The van der Waals surface area contributed by atoms with Crippen LogP contribution in [-0.4, -0.2) is 61.7 Å². The van der Waals surface area contributed by atoms with E-state index in [-0.39, 0.29) is 17.7 Å². The first-order valence-corrected chi connectivity index (χ1v) is 11.2. The minimum atomic E-state index is -0.382. The van der Waals surface area contributed by atoms with Crippen molar-refractivity contribution in [1.82, 2.24) is 19.7 Å². The number of benzene rings is 1. The fraction of sp³-hybridized carbons (Fsp3) is 0.304. The largest absolute Gasteiger partial charge is 0.481 e. The number of halogens is 1. The van der Waals surface area contributed by atoms with Crippen LogP contribution in [0, 0.1) is 0 Å². The predicted molar refractivity (Wildman–Crippen MR) is 130 cm³/mol. The molecule has 1 aliphatic heterocycles. The number of rotatable bonds is 5. The van der Waals surface area contributed by atoms with Gasteiger partial charge in [0.15, 0.2) is 5.69 Å². The highest BCUT2D eigenvalue weighted by Gasteiger charge is 2.23. The molecule has 0 atom stereocenters. The van der Waals surface area contributed by atoms with Gasteiger partial charge in [-0.2, -0.15) is 5.10 Å². The summed E-state index contributed by atoms with van der Waals surface area (Å²) < 4.78 is 18.9. The average molecular weight is 501 g/mol.